The third-order valence-electron chi connectivity index (χ3n) is 4.05. The molecule has 154 valence electrons. The molecule has 3 aromatic carbocycles. The summed E-state index contributed by atoms with van der Waals surface area (Å²) in [5.41, 5.74) is 0.509. The van der Waals surface area contributed by atoms with Crippen molar-refractivity contribution in [3.63, 3.8) is 0 Å². The number of carbonyl (C=O) groups excluding carboxylic acids is 2. The zero-order valence-electron chi connectivity index (χ0n) is 15.4. The van der Waals surface area contributed by atoms with Crippen molar-refractivity contribution in [2.75, 3.05) is 17.7 Å². The van der Waals surface area contributed by atoms with Crippen LogP contribution in [0.15, 0.2) is 54.6 Å². The van der Waals surface area contributed by atoms with Gasteiger partial charge in [-0.25, -0.2) is 8.78 Å². The molecule has 0 spiro atoms. The summed E-state index contributed by atoms with van der Waals surface area (Å²) < 4.78 is 32.3. The second-order valence-corrected chi connectivity index (χ2v) is 6.89. The Balaban J connectivity index is 1.84. The molecule has 0 aliphatic carbocycles. The average Bonchev–Trinajstić information content (AvgIpc) is 2.71. The molecule has 0 aromatic heterocycles. The van der Waals surface area contributed by atoms with Gasteiger partial charge in [-0.3, -0.25) is 9.59 Å². The van der Waals surface area contributed by atoms with Crippen LogP contribution in [0.4, 0.5) is 20.2 Å². The van der Waals surface area contributed by atoms with E-state index in [1.165, 1.54) is 43.5 Å². The first kappa shape index (κ1) is 21.5. The fourth-order valence-corrected chi connectivity index (χ4v) is 3.07. The zero-order chi connectivity index (χ0) is 21.8. The molecule has 0 radical (unpaired) electrons. The summed E-state index contributed by atoms with van der Waals surface area (Å²) in [6, 6.07) is 11.7. The highest BCUT2D eigenvalue weighted by Gasteiger charge is 2.16. The quantitative estimate of drug-likeness (QED) is 0.483. The van der Waals surface area contributed by atoms with Crippen LogP contribution in [0.2, 0.25) is 10.0 Å². The van der Waals surface area contributed by atoms with Gasteiger partial charge < -0.3 is 15.4 Å². The maximum absolute atomic E-state index is 13.7. The van der Waals surface area contributed by atoms with Gasteiger partial charge in [0.05, 0.1) is 28.4 Å². The molecule has 30 heavy (non-hydrogen) atoms. The Morgan fingerprint density at radius 1 is 0.900 bits per heavy atom. The number of ether oxygens (including phenoxy) is 1. The van der Waals surface area contributed by atoms with Crippen molar-refractivity contribution in [2.45, 2.75) is 0 Å². The van der Waals surface area contributed by atoms with E-state index in [0.29, 0.717) is 5.75 Å². The average molecular weight is 451 g/mol. The summed E-state index contributed by atoms with van der Waals surface area (Å²) in [4.78, 5) is 24.9. The molecule has 5 nitrogen and oxygen atoms in total. The van der Waals surface area contributed by atoms with Crippen molar-refractivity contribution < 1.29 is 23.1 Å². The van der Waals surface area contributed by atoms with E-state index < -0.39 is 23.4 Å². The molecule has 0 bridgehead atoms. The Hall–Kier alpha value is -3.16. The van der Waals surface area contributed by atoms with Crippen molar-refractivity contribution in [2.24, 2.45) is 0 Å². The summed E-state index contributed by atoms with van der Waals surface area (Å²) in [7, 11) is 1.40. The van der Waals surface area contributed by atoms with Crippen LogP contribution >= 0.6 is 23.2 Å². The number of methoxy groups -OCH3 is 1. The molecule has 0 aliphatic rings. The number of rotatable bonds is 5. The molecule has 0 atom stereocenters. The molecule has 0 aliphatic heterocycles. The van der Waals surface area contributed by atoms with Crippen molar-refractivity contribution in [1.29, 1.82) is 0 Å². The van der Waals surface area contributed by atoms with Gasteiger partial charge in [-0.2, -0.15) is 0 Å². The van der Waals surface area contributed by atoms with Gasteiger partial charge in [0.2, 0.25) is 0 Å². The summed E-state index contributed by atoms with van der Waals surface area (Å²) in [5, 5.41) is 4.93. The summed E-state index contributed by atoms with van der Waals surface area (Å²) >= 11 is 11.6. The Bertz CT molecular complexity index is 1140. The van der Waals surface area contributed by atoms with E-state index in [1.807, 2.05) is 0 Å². The standard InChI is InChI=1S/C21H14Cl2F2N2O3/c1-30-19-6-5-13(26-21(29)14-9-17(25)16(23)10-15(14)22)8-18(19)27-20(28)11-3-2-4-12(24)7-11/h2-10H,1H3,(H,26,29)(H,27,28). The molecule has 9 heteroatoms. The van der Waals surface area contributed by atoms with E-state index in [9.17, 15) is 18.4 Å². The zero-order valence-corrected chi connectivity index (χ0v) is 16.9. The minimum atomic E-state index is -0.788. The first-order valence-corrected chi connectivity index (χ1v) is 9.25. The maximum Gasteiger partial charge on any atom is 0.257 e. The molecule has 2 amide bonds. The van der Waals surface area contributed by atoms with Gasteiger partial charge in [-0.15, -0.1) is 0 Å². The predicted molar refractivity (Wildman–Crippen MR) is 112 cm³/mol. The van der Waals surface area contributed by atoms with Gasteiger partial charge >= 0.3 is 0 Å². The minimum Gasteiger partial charge on any atom is -0.495 e. The molecule has 0 heterocycles. The lowest BCUT2D eigenvalue weighted by atomic mass is 10.1. The van der Waals surface area contributed by atoms with E-state index in [4.69, 9.17) is 27.9 Å². The van der Waals surface area contributed by atoms with E-state index in [2.05, 4.69) is 10.6 Å². The number of benzene rings is 3. The molecule has 0 saturated heterocycles. The molecule has 0 saturated carbocycles. The second kappa shape index (κ2) is 9.11. The number of anilines is 2. The van der Waals surface area contributed by atoms with Crippen LogP contribution in [0.3, 0.4) is 0 Å². The van der Waals surface area contributed by atoms with Crippen molar-refractivity contribution in [3.8, 4) is 5.75 Å². The number of hydrogen-bond acceptors (Lipinski definition) is 3. The third-order valence-corrected chi connectivity index (χ3v) is 4.65. The van der Waals surface area contributed by atoms with Crippen LogP contribution in [0.5, 0.6) is 5.75 Å². The smallest absolute Gasteiger partial charge is 0.257 e. The first-order chi connectivity index (χ1) is 14.3. The number of nitrogens with one attached hydrogen (secondary N) is 2. The molecule has 0 fully saturated rings. The lowest BCUT2D eigenvalue weighted by molar-refractivity contribution is 0.101. The molecule has 2 N–H and O–H groups in total. The Morgan fingerprint density at radius 3 is 2.37 bits per heavy atom. The molecular weight excluding hydrogens is 437 g/mol. The number of halogens is 4. The van der Waals surface area contributed by atoms with Crippen LogP contribution in [0, 0.1) is 11.6 Å². The number of hydrogen-bond donors (Lipinski definition) is 2. The minimum absolute atomic E-state index is 0.0213. The maximum atomic E-state index is 13.7. The van der Waals surface area contributed by atoms with E-state index in [0.717, 1.165) is 18.2 Å². The Morgan fingerprint density at radius 2 is 1.67 bits per heavy atom. The van der Waals surface area contributed by atoms with Crippen LogP contribution < -0.4 is 15.4 Å². The predicted octanol–water partition coefficient (Wildman–Crippen LogP) is 5.78. The lowest BCUT2D eigenvalue weighted by Gasteiger charge is -2.13. The van der Waals surface area contributed by atoms with Crippen LogP contribution in [-0.2, 0) is 0 Å². The highest BCUT2D eigenvalue weighted by atomic mass is 35.5. The molecular formula is C21H14Cl2F2N2O3. The summed E-state index contributed by atoms with van der Waals surface area (Å²) in [5.74, 6) is -2.28. The largest absolute Gasteiger partial charge is 0.495 e. The van der Waals surface area contributed by atoms with Gasteiger partial charge in [-0.1, -0.05) is 29.3 Å². The van der Waals surface area contributed by atoms with Crippen LogP contribution in [-0.4, -0.2) is 18.9 Å². The van der Waals surface area contributed by atoms with Gasteiger partial charge in [0.15, 0.2) is 0 Å². The highest BCUT2D eigenvalue weighted by Crippen LogP contribution is 2.30. The van der Waals surface area contributed by atoms with Gasteiger partial charge in [0.25, 0.3) is 11.8 Å². The van der Waals surface area contributed by atoms with Crippen LogP contribution in [0.1, 0.15) is 20.7 Å². The SMILES string of the molecule is COc1ccc(NC(=O)c2cc(F)c(Cl)cc2Cl)cc1NC(=O)c1cccc(F)c1. The highest BCUT2D eigenvalue weighted by molar-refractivity contribution is 6.37. The lowest BCUT2D eigenvalue weighted by Crippen LogP contribution is -2.15. The van der Waals surface area contributed by atoms with E-state index >= 15 is 0 Å². The molecule has 3 aromatic rings. The van der Waals surface area contributed by atoms with Gasteiger partial charge in [-0.05, 0) is 48.5 Å². The Labute approximate surface area is 180 Å². The normalized spacial score (nSPS) is 10.4. The first-order valence-electron chi connectivity index (χ1n) is 8.49. The number of amides is 2. The molecule has 0 unspecified atom stereocenters. The third kappa shape index (κ3) is 4.87. The topological polar surface area (TPSA) is 67.4 Å². The molecule has 3 rings (SSSR count). The van der Waals surface area contributed by atoms with Gasteiger partial charge in [0.1, 0.15) is 17.4 Å². The fourth-order valence-electron chi connectivity index (χ4n) is 2.60. The monoisotopic (exact) mass is 450 g/mol. The van der Waals surface area contributed by atoms with E-state index in [-0.39, 0.29) is 32.5 Å². The van der Waals surface area contributed by atoms with Crippen molar-refractivity contribution in [3.05, 3.63) is 87.4 Å². The fraction of sp³-hybridized carbons (Fsp3) is 0.0476. The van der Waals surface area contributed by atoms with Gasteiger partial charge in [0, 0.05) is 11.3 Å². The Kier molecular flexibility index (Phi) is 6.54. The van der Waals surface area contributed by atoms with Crippen LogP contribution in [0.25, 0.3) is 0 Å². The summed E-state index contributed by atoms with van der Waals surface area (Å²) in [6.07, 6.45) is 0. The van der Waals surface area contributed by atoms with E-state index in [1.54, 1.807) is 0 Å². The summed E-state index contributed by atoms with van der Waals surface area (Å²) in [6.45, 7) is 0. The van der Waals surface area contributed by atoms with Crippen molar-refractivity contribution in [1.82, 2.24) is 0 Å². The van der Waals surface area contributed by atoms with Crippen molar-refractivity contribution >= 4 is 46.4 Å². The number of carbonyl (C=O) groups is 2. The second-order valence-electron chi connectivity index (χ2n) is 6.08.